The summed E-state index contributed by atoms with van der Waals surface area (Å²) in [7, 11) is 1.66. The first kappa shape index (κ1) is 15.9. The first-order valence-electron chi connectivity index (χ1n) is 8.49. The first-order chi connectivity index (χ1) is 11.1. The lowest BCUT2D eigenvalue weighted by Gasteiger charge is -2.21. The van der Waals surface area contributed by atoms with Crippen LogP contribution in [-0.4, -0.2) is 19.0 Å². The molecule has 3 rings (SSSR count). The average Bonchev–Trinajstić information content (AvgIpc) is 2.99. The van der Waals surface area contributed by atoms with Crippen molar-refractivity contribution in [3.63, 3.8) is 0 Å². The lowest BCUT2D eigenvalue weighted by atomic mass is 9.93. The summed E-state index contributed by atoms with van der Waals surface area (Å²) in [5.41, 5.74) is 1.91. The number of ketones is 1. The van der Waals surface area contributed by atoms with Crippen molar-refractivity contribution >= 4 is 11.5 Å². The summed E-state index contributed by atoms with van der Waals surface area (Å²) in [4.78, 5) is 11.7. The molecule has 4 heteroatoms. The average molecular weight is 315 g/mol. The Morgan fingerprint density at radius 2 is 1.91 bits per heavy atom. The largest absolute Gasteiger partial charge is 0.493 e. The Bertz CT molecular complexity index is 603. The van der Waals surface area contributed by atoms with E-state index in [0.717, 1.165) is 42.1 Å². The molecule has 0 saturated heterocycles. The van der Waals surface area contributed by atoms with Gasteiger partial charge in [-0.3, -0.25) is 4.79 Å². The van der Waals surface area contributed by atoms with E-state index in [9.17, 15) is 4.79 Å². The number of nitrogens with one attached hydrogen (secondary N) is 1. The Morgan fingerprint density at radius 1 is 1.13 bits per heavy atom. The van der Waals surface area contributed by atoms with Gasteiger partial charge in [0.2, 0.25) is 0 Å². The molecule has 0 aromatic heterocycles. The number of rotatable bonds is 5. The maximum Gasteiger partial charge on any atom is 0.163 e. The maximum absolute atomic E-state index is 11.7. The van der Waals surface area contributed by atoms with E-state index < -0.39 is 0 Å². The van der Waals surface area contributed by atoms with Crippen LogP contribution in [0.25, 0.3) is 0 Å². The summed E-state index contributed by atoms with van der Waals surface area (Å²) < 4.78 is 11.5. The topological polar surface area (TPSA) is 47.6 Å². The van der Waals surface area contributed by atoms with Gasteiger partial charge < -0.3 is 14.8 Å². The maximum atomic E-state index is 11.7. The second-order valence-electron chi connectivity index (χ2n) is 6.66. The van der Waals surface area contributed by atoms with Crippen LogP contribution in [-0.2, 0) is 4.79 Å². The molecule has 1 fully saturated rings. The van der Waals surface area contributed by atoms with Crippen LogP contribution in [0.4, 0.5) is 5.69 Å². The van der Waals surface area contributed by atoms with Crippen molar-refractivity contribution in [2.24, 2.45) is 5.92 Å². The molecule has 2 aliphatic rings. The molecular weight excluding hydrogens is 290 g/mol. The van der Waals surface area contributed by atoms with Crippen LogP contribution < -0.4 is 14.8 Å². The Hall–Kier alpha value is -1.97. The minimum absolute atomic E-state index is 0.196. The second kappa shape index (κ2) is 7.07. The van der Waals surface area contributed by atoms with Gasteiger partial charge in [-0.15, -0.1) is 0 Å². The van der Waals surface area contributed by atoms with E-state index in [1.165, 1.54) is 12.8 Å². The number of carbonyl (C=O) groups is 1. The van der Waals surface area contributed by atoms with Crippen LogP contribution in [0.15, 0.2) is 30.0 Å². The molecule has 2 aliphatic carbocycles. The minimum Gasteiger partial charge on any atom is -0.493 e. The SMILES string of the molecule is COc1ccc(NC2=CC(=O)CC(C)C2)cc1OC1CCCC1. The first-order valence-corrected chi connectivity index (χ1v) is 8.49. The lowest BCUT2D eigenvalue weighted by molar-refractivity contribution is -0.115. The van der Waals surface area contributed by atoms with Crippen molar-refractivity contribution in [2.45, 2.75) is 51.6 Å². The molecule has 23 heavy (non-hydrogen) atoms. The van der Waals surface area contributed by atoms with Gasteiger partial charge in [-0.05, 0) is 50.2 Å². The van der Waals surface area contributed by atoms with Crippen molar-refractivity contribution < 1.29 is 14.3 Å². The van der Waals surface area contributed by atoms with Crippen molar-refractivity contribution in [3.05, 3.63) is 30.0 Å². The smallest absolute Gasteiger partial charge is 0.163 e. The van der Waals surface area contributed by atoms with E-state index >= 15 is 0 Å². The molecule has 0 radical (unpaired) electrons. The number of hydrogen-bond acceptors (Lipinski definition) is 4. The van der Waals surface area contributed by atoms with E-state index in [0.29, 0.717) is 12.3 Å². The number of carbonyl (C=O) groups excluding carboxylic acids is 1. The van der Waals surface area contributed by atoms with E-state index in [1.54, 1.807) is 13.2 Å². The highest BCUT2D eigenvalue weighted by atomic mass is 16.5. The third-order valence-corrected chi connectivity index (χ3v) is 4.52. The number of anilines is 1. The van der Waals surface area contributed by atoms with Gasteiger partial charge in [-0.1, -0.05) is 6.92 Å². The predicted octanol–water partition coefficient (Wildman–Crippen LogP) is 4.31. The Kier molecular flexibility index (Phi) is 4.89. The highest BCUT2D eigenvalue weighted by Gasteiger charge is 2.20. The van der Waals surface area contributed by atoms with E-state index in [-0.39, 0.29) is 11.9 Å². The van der Waals surface area contributed by atoms with Gasteiger partial charge in [-0.2, -0.15) is 0 Å². The van der Waals surface area contributed by atoms with Crippen molar-refractivity contribution in [1.29, 1.82) is 0 Å². The molecule has 1 atom stereocenters. The van der Waals surface area contributed by atoms with Gasteiger partial charge in [0, 0.05) is 29.9 Å². The molecule has 0 heterocycles. The minimum atomic E-state index is 0.196. The highest BCUT2D eigenvalue weighted by molar-refractivity contribution is 5.92. The molecule has 0 aliphatic heterocycles. The van der Waals surface area contributed by atoms with E-state index in [4.69, 9.17) is 9.47 Å². The van der Waals surface area contributed by atoms with Crippen molar-refractivity contribution in [2.75, 3.05) is 12.4 Å². The van der Waals surface area contributed by atoms with E-state index in [1.807, 2.05) is 18.2 Å². The fourth-order valence-corrected chi connectivity index (χ4v) is 3.41. The zero-order chi connectivity index (χ0) is 16.2. The van der Waals surface area contributed by atoms with Gasteiger partial charge in [0.1, 0.15) is 0 Å². The zero-order valence-corrected chi connectivity index (χ0v) is 13.9. The Labute approximate surface area is 137 Å². The summed E-state index contributed by atoms with van der Waals surface area (Å²) in [6, 6.07) is 5.86. The highest BCUT2D eigenvalue weighted by Crippen LogP contribution is 2.35. The predicted molar refractivity (Wildman–Crippen MR) is 91.0 cm³/mol. The molecular formula is C19H25NO3. The van der Waals surface area contributed by atoms with Gasteiger partial charge in [0.25, 0.3) is 0 Å². The third-order valence-electron chi connectivity index (χ3n) is 4.52. The van der Waals surface area contributed by atoms with Crippen LogP contribution in [0.3, 0.4) is 0 Å². The number of methoxy groups -OCH3 is 1. The molecule has 1 aromatic rings. The molecule has 1 aromatic carbocycles. The number of ether oxygens (including phenoxy) is 2. The molecule has 124 valence electrons. The van der Waals surface area contributed by atoms with Gasteiger partial charge in [0.15, 0.2) is 17.3 Å². The fraction of sp³-hybridized carbons (Fsp3) is 0.526. The van der Waals surface area contributed by atoms with Crippen molar-refractivity contribution in [1.82, 2.24) is 0 Å². The van der Waals surface area contributed by atoms with Crippen molar-refractivity contribution in [3.8, 4) is 11.5 Å². The molecule has 1 saturated carbocycles. The summed E-state index contributed by atoms with van der Waals surface area (Å²) in [5, 5.41) is 3.36. The Balaban J connectivity index is 1.75. The monoisotopic (exact) mass is 315 g/mol. The van der Waals surface area contributed by atoms with Crippen LogP contribution in [0, 0.1) is 5.92 Å². The molecule has 0 amide bonds. The van der Waals surface area contributed by atoms with Gasteiger partial charge in [-0.25, -0.2) is 0 Å². The second-order valence-corrected chi connectivity index (χ2v) is 6.66. The summed E-state index contributed by atoms with van der Waals surface area (Å²) in [5.74, 6) is 2.12. The van der Waals surface area contributed by atoms with Crippen LogP contribution >= 0.6 is 0 Å². The standard InChI is InChI=1S/C19H25NO3/c1-13-9-15(11-16(21)10-13)20-14-7-8-18(22-2)19(12-14)23-17-5-3-4-6-17/h7-8,11-13,17,20H,3-6,9-10H2,1-2H3. The van der Waals surface area contributed by atoms with Crippen LogP contribution in [0.1, 0.15) is 45.4 Å². The number of hydrogen-bond donors (Lipinski definition) is 1. The summed E-state index contributed by atoms with van der Waals surface area (Å²) in [6.07, 6.45) is 8.24. The number of allylic oxidation sites excluding steroid dienone is 2. The third kappa shape index (κ3) is 4.06. The van der Waals surface area contributed by atoms with Crippen LogP contribution in [0.2, 0.25) is 0 Å². The van der Waals surface area contributed by atoms with E-state index in [2.05, 4.69) is 12.2 Å². The molecule has 4 nitrogen and oxygen atoms in total. The molecule has 1 N–H and O–H groups in total. The van der Waals surface area contributed by atoms with Gasteiger partial charge >= 0.3 is 0 Å². The lowest BCUT2D eigenvalue weighted by Crippen LogP contribution is -2.16. The quantitative estimate of drug-likeness (QED) is 0.879. The zero-order valence-electron chi connectivity index (χ0n) is 13.9. The normalized spacial score (nSPS) is 21.9. The fourth-order valence-electron chi connectivity index (χ4n) is 3.41. The Morgan fingerprint density at radius 3 is 2.61 bits per heavy atom. The summed E-state index contributed by atoms with van der Waals surface area (Å²) >= 11 is 0. The molecule has 0 spiro atoms. The molecule has 1 unspecified atom stereocenters. The van der Waals surface area contributed by atoms with Gasteiger partial charge in [0.05, 0.1) is 13.2 Å². The molecule has 0 bridgehead atoms. The van der Waals surface area contributed by atoms with Crippen LogP contribution in [0.5, 0.6) is 11.5 Å². The summed E-state index contributed by atoms with van der Waals surface area (Å²) in [6.45, 7) is 2.11. The number of benzene rings is 1.